The number of rotatable bonds is 9. The van der Waals surface area contributed by atoms with Crippen molar-refractivity contribution in [1.29, 1.82) is 0 Å². The second-order valence-corrected chi connectivity index (χ2v) is 9.08. The van der Waals surface area contributed by atoms with Crippen molar-refractivity contribution in [2.45, 2.75) is 44.0 Å². The highest BCUT2D eigenvalue weighted by molar-refractivity contribution is 7.92. The summed E-state index contributed by atoms with van der Waals surface area (Å²) in [6.45, 7) is 1.02. The Labute approximate surface area is 160 Å². The topological polar surface area (TPSA) is 115 Å². The van der Waals surface area contributed by atoms with Gasteiger partial charge in [-0.25, -0.2) is 8.42 Å². The van der Waals surface area contributed by atoms with E-state index in [1.54, 1.807) is 24.3 Å². The Bertz CT molecular complexity index is 792. The van der Waals surface area contributed by atoms with Crippen LogP contribution in [0.2, 0.25) is 0 Å². The molecule has 0 aromatic heterocycles. The Hall–Kier alpha value is -1.67. The van der Waals surface area contributed by atoms with Crippen molar-refractivity contribution < 1.29 is 28.8 Å². The lowest BCUT2D eigenvalue weighted by Gasteiger charge is -2.19. The van der Waals surface area contributed by atoms with E-state index in [0.29, 0.717) is 18.4 Å². The van der Waals surface area contributed by atoms with E-state index in [2.05, 4.69) is 6.92 Å². The number of sulfone groups is 1. The Kier molecular flexibility index (Phi) is 7.61. The third kappa shape index (κ3) is 5.42. The van der Waals surface area contributed by atoms with E-state index in [-0.39, 0.29) is 17.1 Å². The minimum atomic E-state index is -3.58. The number of aliphatic hydroxyl groups excluding tert-OH is 3. The van der Waals surface area contributed by atoms with Crippen LogP contribution in [0, 0.1) is 0 Å². The summed E-state index contributed by atoms with van der Waals surface area (Å²) in [5.74, 6) is -0.118. The lowest BCUT2D eigenvalue weighted by molar-refractivity contribution is 0.186. The molecule has 1 aliphatic rings. The first-order valence-electron chi connectivity index (χ1n) is 9.14. The first-order valence-corrected chi connectivity index (χ1v) is 10.9. The smallest absolute Gasteiger partial charge is 0.163 e. The minimum Gasteiger partial charge on any atom is -0.508 e. The average molecular weight is 397 g/mol. The minimum absolute atomic E-state index is 0.195. The van der Waals surface area contributed by atoms with Gasteiger partial charge in [0.2, 0.25) is 0 Å². The lowest BCUT2D eigenvalue weighted by atomic mass is 9.93. The van der Waals surface area contributed by atoms with Gasteiger partial charge in [-0.15, -0.1) is 0 Å². The summed E-state index contributed by atoms with van der Waals surface area (Å²) in [6.07, 6.45) is 3.62. The predicted molar refractivity (Wildman–Crippen MR) is 105 cm³/mol. The maximum absolute atomic E-state index is 12.1. The monoisotopic (exact) mass is 396 g/mol. The standard InChI is InChI=1S/C20H28O6S/c1-2-3-14(10-15-4-7-17(23)8-5-15)6-9-18(24)20-16(11-21)13-27(25,26)19(20)12-22/h4-5,7-8,10,18-19,21-24H,2-3,6,9,11-13H2,1H3/b14-10+/t18-,19+/m1/s1. The van der Waals surface area contributed by atoms with Gasteiger partial charge in [0.25, 0.3) is 0 Å². The fraction of sp³-hybridized carbons (Fsp3) is 0.500. The molecule has 1 heterocycles. The number of hydrogen-bond acceptors (Lipinski definition) is 6. The summed E-state index contributed by atoms with van der Waals surface area (Å²) < 4.78 is 24.3. The molecule has 6 nitrogen and oxygen atoms in total. The maximum Gasteiger partial charge on any atom is 0.163 e. The normalized spacial score (nSPS) is 20.9. The zero-order valence-electron chi connectivity index (χ0n) is 15.5. The van der Waals surface area contributed by atoms with Crippen molar-refractivity contribution in [3.8, 4) is 5.75 Å². The molecular weight excluding hydrogens is 368 g/mol. The molecule has 0 saturated carbocycles. The number of hydrogen-bond donors (Lipinski definition) is 4. The number of phenols is 1. The fourth-order valence-electron chi connectivity index (χ4n) is 3.52. The highest BCUT2D eigenvalue weighted by Gasteiger charge is 2.40. The molecule has 150 valence electrons. The average Bonchev–Trinajstić information content (AvgIpc) is 2.91. The van der Waals surface area contributed by atoms with Crippen molar-refractivity contribution in [1.82, 2.24) is 0 Å². The van der Waals surface area contributed by atoms with Gasteiger partial charge in [0.1, 0.15) is 11.0 Å². The summed E-state index contributed by atoms with van der Waals surface area (Å²) in [5.41, 5.74) is 2.59. The zero-order chi connectivity index (χ0) is 20.0. The summed E-state index contributed by atoms with van der Waals surface area (Å²) in [6, 6.07) is 6.83. The molecule has 0 bridgehead atoms. The van der Waals surface area contributed by atoms with Gasteiger partial charge in [0, 0.05) is 0 Å². The summed E-state index contributed by atoms with van der Waals surface area (Å²) in [4.78, 5) is 0. The quantitative estimate of drug-likeness (QED) is 0.473. The van der Waals surface area contributed by atoms with E-state index in [0.717, 1.165) is 24.0 Å². The van der Waals surface area contributed by atoms with Crippen molar-refractivity contribution >= 4 is 15.9 Å². The van der Waals surface area contributed by atoms with Crippen molar-refractivity contribution in [3.05, 3.63) is 46.5 Å². The number of phenolic OH excluding ortho intramolecular Hbond substituents is 1. The molecular formula is C20H28O6S. The van der Waals surface area contributed by atoms with Crippen molar-refractivity contribution in [2.24, 2.45) is 0 Å². The molecule has 2 rings (SSSR count). The number of aliphatic hydroxyl groups is 3. The Morgan fingerprint density at radius 2 is 1.89 bits per heavy atom. The number of allylic oxidation sites excluding steroid dienone is 1. The van der Waals surface area contributed by atoms with Gasteiger partial charge < -0.3 is 20.4 Å². The van der Waals surface area contributed by atoms with Gasteiger partial charge in [-0.1, -0.05) is 37.1 Å². The Morgan fingerprint density at radius 3 is 2.44 bits per heavy atom. The van der Waals surface area contributed by atoms with Crippen LogP contribution in [0.5, 0.6) is 5.75 Å². The number of aromatic hydroxyl groups is 1. The van der Waals surface area contributed by atoms with E-state index in [1.807, 2.05) is 6.08 Å². The van der Waals surface area contributed by atoms with Gasteiger partial charge in [-0.05, 0) is 48.1 Å². The van der Waals surface area contributed by atoms with Crippen LogP contribution in [-0.4, -0.2) is 59.2 Å². The lowest BCUT2D eigenvalue weighted by Crippen LogP contribution is -2.29. The van der Waals surface area contributed by atoms with Crippen LogP contribution >= 0.6 is 0 Å². The molecule has 27 heavy (non-hydrogen) atoms. The molecule has 7 heteroatoms. The third-order valence-corrected chi connectivity index (χ3v) is 6.87. The Balaban J connectivity index is 2.15. The fourth-order valence-corrected chi connectivity index (χ4v) is 5.40. The van der Waals surface area contributed by atoms with Crippen LogP contribution in [0.4, 0.5) is 0 Å². The molecule has 0 amide bonds. The SMILES string of the molecule is CCC/C(=C\c1ccc(O)cc1)CC[C@@H](O)C1=C(CO)CS(=O)(=O)[C@H]1CO. The molecule has 0 radical (unpaired) electrons. The van der Waals surface area contributed by atoms with E-state index in [9.17, 15) is 28.8 Å². The second-order valence-electron chi connectivity index (χ2n) is 6.89. The van der Waals surface area contributed by atoms with Gasteiger partial charge in [0.15, 0.2) is 9.84 Å². The second kappa shape index (κ2) is 9.50. The molecule has 0 aliphatic carbocycles. The van der Waals surface area contributed by atoms with Crippen LogP contribution in [-0.2, 0) is 9.84 Å². The highest BCUT2D eigenvalue weighted by atomic mass is 32.2. The van der Waals surface area contributed by atoms with Gasteiger partial charge in [-0.2, -0.15) is 0 Å². The van der Waals surface area contributed by atoms with Gasteiger partial charge >= 0.3 is 0 Å². The van der Waals surface area contributed by atoms with Crippen LogP contribution in [0.15, 0.2) is 41.0 Å². The van der Waals surface area contributed by atoms with Gasteiger partial charge in [-0.3, -0.25) is 0 Å². The van der Waals surface area contributed by atoms with E-state index >= 15 is 0 Å². The first kappa shape index (κ1) is 21.6. The van der Waals surface area contributed by atoms with Crippen molar-refractivity contribution in [3.63, 3.8) is 0 Å². The zero-order valence-corrected chi connectivity index (χ0v) is 16.3. The van der Waals surface area contributed by atoms with E-state index in [1.165, 1.54) is 0 Å². The molecule has 1 aliphatic heterocycles. The maximum atomic E-state index is 12.1. The van der Waals surface area contributed by atoms with Crippen LogP contribution in [0.3, 0.4) is 0 Å². The molecule has 0 spiro atoms. The largest absolute Gasteiger partial charge is 0.508 e. The summed E-state index contributed by atoms with van der Waals surface area (Å²) in [5, 5.41) is 37.8. The molecule has 0 unspecified atom stereocenters. The molecule has 2 atom stereocenters. The molecule has 1 aromatic carbocycles. The van der Waals surface area contributed by atoms with Crippen molar-refractivity contribution in [2.75, 3.05) is 19.0 Å². The highest BCUT2D eigenvalue weighted by Crippen LogP contribution is 2.32. The third-order valence-electron chi connectivity index (χ3n) is 4.85. The molecule has 1 aromatic rings. The van der Waals surface area contributed by atoms with Crippen LogP contribution in [0.1, 0.15) is 38.2 Å². The predicted octanol–water partition coefficient (Wildman–Crippen LogP) is 1.79. The Morgan fingerprint density at radius 1 is 1.22 bits per heavy atom. The van der Waals surface area contributed by atoms with Crippen LogP contribution in [0.25, 0.3) is 6.08 Å². The summed E-state index contributed by atoms with van der Waals surface area (Å²) >= 11 is 0. The molecule has 0 saturated heterocycles. The first-order chi connectivity index (χ1) is 12.8. The summed E-state index contributed by atoms with van der Waals surface area (Å²) in [7, 11) is -3.58. The molecule has 0 fully saturated rings. The van der Waals surface area contributed by atoms with Crippen LogP contribution < -0.4 is 0 Å². The van der Waals surface area contributed by atoms with Gasteiger partial charge in [0.05, 0.1) is 25.1 Å². The number of benzene rings is 1. The van der Waals surface area contributed by atoms with E-state index in [4.69, 9.17) is 0 Å². The molecule has 4 N–H and O–H groups in total. The van der Waals surface area contributed by atoms with E-state index < -0.39 is 34.4 Å².